The third kappa shape index (κ3) is 5.21. The average Bonchev–Trinajstić information content (AvgIpc) is 3.26. The number of aromatic nitrogens is 2. The SMILES string of the molecule is COC(=O)c1nc([C@@H]2CCCN2C(=O)OC(C)(C)C)n(C)c(=O)c1OC(=O)c1ccccc1. The number of methoxy groups -OCH3 is 1. The average molecular weight is 457 g/mol. The minimum Gasteiger partial charge on any atom is -0.464 e. The number of rotatable bonds is 4. The minimum absolute atomic E-state index is 0.170. The van der Waals surface area contributed by atoms with Gasteiger partial charge >= 0.3 is 18.0 Å². The molecule has 0 N–H and O–H groups in total. The van der Waals surface area contributed by atoms with E-state index in [9.17, 15) is 19.2 Å². The molecule has 3 rings (SSSR count). The Kier molecular flexibility index (Phi) is 6.85. The second-order valence-electron chi connectivity index (χ2n) is 8.59. The van der Waals surface area contributed by atoms with Crippen molar-refractivity contribution in [1.82, 2.24) is 14.5 Å². The highest BCUT2D eigenvalue weighted by Crippen LogP contribution is 2.32. The van der Waals surface area contributed by atoms with Crippen LogP contribution in [0.5, 0.6) is 5.75 Å². The summed E-state index contributed by atoms with van der Waals surface area (Å²) in [6.45, 7) is 5.69. The zero-order valence-corrected chi connectivity index (χ0v) is 19.3. The number of hydrogen-bond donors (Lipinski definition) is 0. The fraction of sp³-hybridized carbons (Fsp3) is 0.435. The van der Waals surface area contributed by atoms with Crippen molar-refractivity contribution in [2.75, 3.05) is 13.7 Å². The van der Waals surface area contributed by atoms with Crippen LogP contribution in [0.25, 0.3) is 0 Å². The number of ether oxygens (including phenoxy) is 3. The first-order valence-corrected chi connectivity index (χ1v) is 10.5. The minimum atomic E-state index is -0.938. The van der Waals surface area contributed by atoms with Crippen molar-refractivity contribution in [1.29, 1.82) is 0 Å². The Labute approximate surface area is 191 Å². The molecular weight excluding hydrogens is 430 g/mol. The van der Waals surface area contributed by atoms with Crippen LogP contribution in [0.4, 0.5) is 4.79 Å². The van der Waals surface area contributed by atoms with E-state index < -0.39 is 46.7 Å². The van der Waals surface area contributed by atoms with Gasteiger partial charge in [0.25, 0.3) is 5.56 Å². The van der Waals surface area contributed by atoms with Crippen LogP contribution in [-0.2, 0) is 16.5 Å². The van der Waals surface area contributed by atoms with Crippen LogP contribution >= 0.6 is 0 Å². The molecule has 0 aliphatic carbocycles. The highest BCUT2D eigenvalue weighted by Gasteiger charge is 2.37. The Morgan fingerprint density at radius 1 is 1.09 bits per heavy atom. The number of likely N-dealkylation sites (tertiary alicyclic amines) is 1. The van der Waals surface area contributed by atoms with Gasteiger partial charge in [0.2, 0.25) is 5.75 Å². The number of esters is 2. The van der Waals surface area contributed by atoms with Gasteiger partial charge in [0.15, 0.2) is 5.69 Å². The number of nitrogens with zero attached hydrogens (tertiary/aromatic N) is 3. The molecule has 0 saturated carbocycles. The van der Waals surface area contributed by atoms with Crippen LogP contribution in [0.2, 0.25) is 0 Å². The van der Waals surface area contributed by atoms with Gasteiger partial charge < -0.3 is 14.2 Å². The van der Waals surface area contributed by atoms with Gasteiger partial charge in [0.1, 0.15) is 11.4 Å². The normalized spacial score (nSPS) is 15.8. The fourth-order valence-electron chi connectivity index (χ4n) is 3.52. The lowest BCUT2D eigenvalue weighted by Gasteiger charge is -2.29. The molecule has 1 atom stereocenters. The van der Waals surface area contributed by atoms with Crippen LogP contribution < -0.4 is 10.3 Å². The maximum absolute atomic E-state index is 13.2. The third-order valence-electron chi connectivity index (χ3n) is 5.05. The van der Waals surface area contributed by atoms with Crippen molar-refractivity contribution >= 4 is 18.0 Å². The van der Waals surface area contributed by atoms with Crippen LogP contribution in [0, 0.1) is 0 Å². The summed E-state index contributed by atoms with van der Waals surface area (Å²) >= 11 is 0. The van der Waals surface area contributed by atoms with Crippen molar-refractivity contribution in [3.8, 4) is 5.75 Å². The molecule has 176 valence electrons. The van der Waals surface area contributed by atoms with Crippen LogP contribution in [-0.4, -0.2) is 51.7 Å². The van der Waals surface area contributed by atoms with E-state index in [-0.39, 0.29) is 11.4 Å². The van der Waals surface area contributed by atoms with E-state index in [1.807, 2.05) is 0 Å². The predicted octanol–water partition coefficient (Wildman–Crippen LogP) is 2.86. The lowest BCUT2D eigenvalue weighted by Crippen LogP contribution is -2.39. The van der Waals surface area contributed by atoms with Gasteiger partial charge in [-0.1, -0.05) is 18.2 Å². The van der Waals surface area contributed by atoms with Crippen LogP contribution in [0.1, 0.15) is 66.3 Å². The molecule has 1 aromatic carbocycles. The first-order valence-electron chi connectivity index (χ1n) is 10.5. The third-order valence-corrected chi connectivity index (χ3v) is 5.05. The lowest BCUT2D eigenvalue weighted by molar-refractivity contribution is 0.0215. The molecule has 0 spiro atoms. The Hall–Kier alpha value is -3.69. The van der Waals surface area contributed by atoms with Crippen LogP contribution in [0.3, 0.4) is 0 Å². The largest absolute Gasteiger partial charge is 0.464 e. The molecular formula is C23H27N3O7. The molecule has 1 saturated heterocycles. The van der Waals surface area contributed by atoms with E-state index in [4.69, 9.17) is 14.2 Å². The Morgan fingerprint density at radius 2 is 1.76 bits per heavy atom. The summed E-state index contributed by atoms with van der Waals surface area (Å²) in [5.41, 5.74) is -1.68. The lowest BCUT2D eigenvalue weighted by atomic mass is 10.2. The quantitative estimate of drug-likeness (QED) is 0.644. The van der Waals surface area contributed by atoms with Gasteiger partial charge in [0, 0.05) is 13.6 Å². The van der Waals surface area contributed by atoms with E-state index in [1.165, 1.54) is 28.6 Å². The summed E-state index contributed by atoms with van der Waals surface area (Å²) in [5, 5.41) is 0. The van der Waals surface area contributed by atoms with Gasteiger partial charge in [-0.2, -0.15) is 0 Å². The molecule has 0 radical (unpaired) electrons. The van der Waals surface area contributed by atoms with Crippen molar-refractivity contribution in [3.63, 3.8) is 0 Å². The summed E-state index contributed by atoms with van der Waals surface area (Å²) in [4.78, 5) is 56.7. The topological polar surface area (TPSA) is 117 Å². The van der Waals surface area contributed by atoms with Gasteiger partial charge in [-0.15, -0.1) is 0 Å². The molecule has 2 aromatic rings. The summed E-state index contributed by atoms with van der Waals surface area (Å²) < 4.78 is 16.7. The smallest absolute Gasteiger partial charge is 0.410 e. The molecule has 2 heterocycles. The molecule has 1 aromatic heterocycles. The molecule has 1 aliphatic rings. The van der Waals surface area contributed by atoms with Crippen molar-refractivity contribution < 1.29 is 28.6 Å². The number of carbonyl (C=O) groups excluding carboxylic acids is 3. The highest BCUT2D eigenvalue weighted by atomic mass is 16.6. The molecule has 1 aliphatic heterocycles. The monoisotopic (exact) mass is 457 g/mol. The zero-order chi connectivity index (χ0) is 24.3. The molecule has 33 heavy (non-hydrogen) atoms. The highest BCUT2D eigenvalue weighted by molar-refractivity contribution is 5.94. The molecule has 1 fully saturated rings. The predicted molar refractivity (Wildman–Crippen MR) is 117 cm³/mol. The number of benzene rings is 1. The van der Waals surface area contributed by atoms with E-state index >= 15 is 0 Å². The second-order valence-corrected chi connectivity index (χ2v) is 8.59. The maximum Gasteiger partial charge on any atom is 0.410 e. The van der Waals surface area contributed by atoms with E-state index in [0.717, 1.165) is 7.11 Å². The molecule has 1 amide bonds. The standard InChI is InChI=1S/C23H27N3O7/c1-23(2,3)33-22(30)26-13-9-12-15(26)18-24-16(21(29)31-5)17(19(27)25(18)4)32-20(28)14-10-7-6-8-11-14/h6-8,10-11,15H,9,12-13H2,1-5H3/t15-/m0/s1. The van der Waals surface area contributed by atoms with Crippen LogP contribution in [0.15, 0.2) is 35.1 Å². The summed E-state index contributed by atoms with van der Waals surface area (Å²) in [6.07, 6.45) is 0.639. The van der Waals surface area contributed by atoms with Crippen molar-refractivity contribution in [2.45, 2.75) is 45.3 Å². The summed E-state index contributed by atoms with van der Waals surface area (Å²) in [6, 6.07) is 7.45. The molecule has 10 nitrogen and oxygen atoms in total. The first-order chi connectivity index (χ1) is 15.5. The Balaban J connectivity index is 2.03. The fourth-order valence-corrected chi connectivity index (χ4v) is 3.52. The second kappa shape index (κ2) is 9.43. The van der Waals surface area contributed by atoms with E-state index in [2.05, 4.69) is 4.98 Å². The number of hydrogen-bond acceptors (Lipinski definition) is 8. The number of amides is 1. The first kappa shape index (κ1) is 24.0. The van der Waals surface area contributed by atoms with Gasteiger partial charge in [0.05, 0.1) is 18.7 Å². The Bertz CT molecular complexity index is 1120. The van der Waals surface area contributed by atoms with E-state index in [0.29, 0.717) is 19.4 Å². The van der Waals surface area contributed by atoms with Crippen molar-refractivity contribution in [3.05, 3.63) is 57.8 Å². The van der Waals surface area contributed by atoms with E-state index in [1.54, 1.807) is 39.0 Å². The van der Waals surface area contributed by atoms with Crippen molar-refractivity contribution in [2.24, 2.45) is 7.05 Å². The Morgan fingerprint density at radius 3 is 2.36 bits per heavy atom. The zero-order valence-electron chi connectivity index (χ0n) is 19.3. The molecule has 0 unspecified atom stereocenters. The summed E-state index contributed by atoms with van der Waals surface area (Å²) in [5.74, 6) is -2.12. The molecule has 0 bridgehead atoms. The van der Waals surface area contributed by atoms with Gasteiger partial charge in [-0.05, 0) is 45.7 Å². The number of carbonyl (C=O) groups is 3. The molecule has 10 heteroatoms. The van der Waals surface area contributed by atoms with Gasteiger partial charge in [-0.3, -0.25) is 14.3 Å². The maximum atomic E-state index is 13.2. The summed E-state index contributed by atoms with van der Waals surface area (Å²) in [7, 11) is 2.57. The van der Waals surface area contributed by atoms with Gasteiger partial charge in [-0.25, -0.2) is 19.4 Å².